The van der Waals surface area contributed by atoms with Crippen LogP contribution in [0.15, 0.2) is 54.6 Å². The molecular weight excluding hydrogens is 450 g/mol. The first-order valence-electron chi connectivity index (χ1n) is 11.5. The molecule has 2 aromatic carbocycles. The van der Waals surface area contributed by atoms with E-state index in [9.17, 15) is 9.90 Å². The van der Waals surface area contributed by atoms with Crippen LogP contribution in [0.25, 0.3) is 11.3 Å². The highest BCUT2D eigenvalue weighted by atomic mass is 16.6. The van der Waals surface area contributed by atoms with Crippen molar-refractivity contribution in [3.63, 3.8) is 0 Å². The molecule has 1 atom stereocenters. The number of hydrogen-bond donors (Lipinski definition) is 3. The molecule has 1 unspecified atom stereocenters. The van der Waals surface area contributed by atoms with Crippen LogP contribution in [0.1, 0.15) is 5.56 Å². The average Bonchev–Trinajstić information content (AvgIpc) is 2.90. The number of hydrogen-bond acceptors (Lipinski definition) is 8. The third-order valence-corrected chi connectivity index (χ3v) is 5.92. The standard InChI is InChI=1S/C25H27N5O5/c31-25(32)30-10-11-33-16-19(30)15-26-14-17-4-6-18(7-5-17)27-23-9-8-21(28-29-23)20-2-1-3-22-24(20)35-13-12-34-22/h1-9,19,26H,10-16H2,(H,27,29)(H,31,32). The van der Waals surface area contributed by atoms with Gasteiger partial charge in [-0.3, -0.25) is 4.90 Å². The fraction of sp³-hybridized carbons (Fsp3) is 0.320. The zero-order valence-corrected chi connectivity index (χ0v) is 19.1. The highest BCUT2D eigenvalue weighted by Gasteiger charge is 2.26. The number of carbonyl (C=O) groups is 1. The summed E-state index contributed by atoms with van der Waals surface area (Å²) in [4.78, 5) is 12.8. The van der Waals surface area contributed by atoms with Gasteiger partial charge in [-0.25, -0.2) is 4.79 Å². The second-order valence-electron chi connectivity index (χ2n) is 8.29. The number of amides is 1. The van der Waals surface area contributed by atoms with Crippen LogP contribution in [0.5, 0.6) is 11.5 Å². The molecule has 1 saturated heterocycles. The number of aromatic nitrogens is 2. The Morgan fingerprint density at radius 3 is 2.69 bits per heavy atom. The first kappa shape index (κ1) is 22.9. The highest BCUT2D eigenvalue weighted by molar-refractivity contribution is 5.72. The maximum atomic E-state index is 11.3. The molecule has 1 aromatic heterocycles. The van der Waals surface area contributed by atoms with Gasteiger partial charge in [0.05, 0.1) is 24.9 Å². The highest BCUT2D eigenvalue weighted by Crippen LogP contribution is 2.39. The zero-order valence-electron chi connectivity index (χ0n) is 19.1. The van der Waals surface area contributed by atoms with Gasteiger partial charge in [-0.1, -0.05) is 18.2 Å². The fourth-order valence-corrected chi connectivity index (χ4v) is 4.13. The van der Waals surface area contributed by atoms with E-state index in [0.29, 0.717) is 63.3 Å². The molecular formula is C25H27N5O5. The van der Waals surface area contributed by atoms with Crippen LogP contribution in [0.2, 0.25) is 0 Å². The summed E-state index contributed by atoms with van der Waals surface area (Å²) in [6, 6.07) is 17.3. The Balaban J connectivity index is 1.15. The third-order valence-electron chi connectivity index (χ3n) is 5.92. The molecule has 0 saturated carbocycles. The van der Waals surface area contributed by atoms with Crippen LogP contribution in [0.3, 0.4) is 0 Å². The Kier molecular flexibility index (Phi) is 6.92. The average molecular weight is 478 g/mol. The molecule has 3 aromatic rings. The molecule has 182 valence electrons. The van der Waals surface area contributed by atoms with Gasteiger partial charge in [0.15, 0.2) is 17.3 Å². The molecule has 35 heavy (non-hydrogen) atoms. The van der Waals surface area contributed by atoms with Crippen molar-refractivity contribution in [2.45, 2.75) is 12.6 Å². The molecule has 2 aliphatic rings. The molecule has 10 nitrogen and oxygen atoms in total. The minimum Gasteiger partial charge on any atom is -0.486 e. The summed E-state index contributed by atoms with van der Waals surface area (Å²) in [5.41, 5.74) is 3.54. The van der Waals surface area contributed by atoms with Gasteiger partial charge in [-0.05, 0) is 42.0 Å². The van der Waals surface area contributed by atoms with E-state index in [-0.39, 0.29) is 6.04 Å². The summed E-state index contributed by atoms with van der Waals surface area (Å²) < 4.78 is 16.8. The summed E-state index contributed by atoms with van der Waals surface area (Å²) in [6.45, 7) is 3.48. The van der Waals surface area contributed by atoms with Crippen LogP contribution in [-0.2, 0) is 11.3 Å². The van der Waals surface area contributed by atoms with Crippen molar-refractivity contribution in [2.75, 3.05) is 44.8 Å². The Bertz CT molecular complexity index is 1160. The Hall–Kier alpha value is -3.89. The second-order valence-corrected chi connectivity index (χ2v) is 8.29. The van der Waals surface area contributed by atoms with Crippen LogP contribution in [0.4, 0.5) is 16.3 Å². The number of para-hydroxylation sites is 1. The predicted octanol–water partition coefficient (Wildman–Crippen LogP) is 3.13. The number of nitrogens with zero attached hydrogens (tertiary/aromatic N) is 3. The number of benzene rings is 2. The molecule has 0 radical (unpaired) electrons. The minimum absolute atomic E-state index is 0.177. The van der Waals surface area contributed by atoms with Crippen LogP contribution >= 0.6 is 0 Å². The molecule has 1 amide bonds. The van der Waals surface area contributed by atoms with E-state index in [0.717, 1.165) is 22.6 Å². The second kappa shape index (κ2) is 10.6. The first-order valence-corrected chi connectivity index (χ1v) is 11.5. The summed E-state index contributed by atoms with van der Waals surface area (Å²) in [6.07, 6.45) is -0.905. The van der Waals surface area contributed by atoms with Crippen molar-refractivity contribution in [2.24, 2.45) is 0 Å². The van der Waals surface area contributed by atoms with Crippen molar-refractivity contribution in [3.8, 4) is 22.8 Å². The zero-order chi connectivity index (χ0) is 24.0. The molecule has 1 fully saturated rings. The predicted molar refractivity (Wildman–Crippen MR) is 129 cm³/mol. The van der Waals surface area contributed by atoms with Crippen molar-refractivity contribution in [1.29, 1.82) is 0 Å². The van der Waals surface area contributed by atoms with Crippen molar-refractivity contribution >= 4 is 17.6 Å². The van der Waals surface area contributed by atoms with Crippen molar-refractivity contribution in [3.05, 3.63) is 60.2 Å². The monoisotopic (exact) mass is 477 g/mol. The molecule has 0 bridgehead atoms. The van der Waals surface area contributed by atoms with E-state index in [2.05, 4.69) is 20.8 Å². The number of anilines is 2. The smallest absolute Gasteiger partial charge is 0.407 e. The summed E-state index contributed by atoms with van der Waals surface area (Å²) in [5, 5.41) is 24.6. The maximum absolute atomic E-state index is 11.3. The number of nitrogens with one attached hydrogen (secondary N) is 2. The van der Waals surface area contributed by atoms with Gasteiger partial charge in [0.25, 0.3) is 0 Å². The van der Waals surface area contributed by atoms with Gasteiger partial charge in [0, 0.05) is 30.9 Å². The van der Waals surface area contributed by atoms with Crippen LogP contribution in [0, 0.1) is 0 Å². The van der Waals surface area contributed by atoms with E-state index < -0.39 is 6.09 Å². The Morgan fingerprint density at radius 1 is 1.03 bits per heavy atom. The van der Waals surface area contributed by atoms with Gasteiger partial charge < -0.3 is 30.0 Å². The largest absolute Gasteiger partial charge is 0.486 e. The Labute approximate surface area is 202 Å². The van der Waals surface area contributed by atoms with Crippen molar-refractivity contribution < 1.29 is 24.1 Å². The van der Waals surface area contributed by atoms with Crippen molar-refractivity contribution in [1.82, 2.24) is 20.4 Å². The number of ether oxygens (including phenoxy) is 3. The van der Waals surface area contributed by atoms with E-state index in [4.69, 9.17) is 14.2 Å². The van der Waals surface area contributed by atoms with Gasteiger partial charge in [-0.2, -0.15) is 0 Å². The maximum Gasteiger partial charge on any atom is 0.407 e. The lowest BCUT2D eigenvalue weighted by Gasteiger charge is -2.33. The van der Waals surface area contributed by atoms with E-state index in [1.54, 1.807) is 0 Å². The van der Waals surface area contributed by atoms with E-state index in [1.807, 2.05) is 54.6 Å². The molecule has 5 rings (SSSR count). The van der Waals surface area contributed by atoms with Gasteiger partial charge >= 0.3 is 6.09 Å². The summed E-state index contributed by atoms with van der Waals surface area (Å²) in [5.74, 6) is 2.05. The lowest BCUT2D eigenvalue weighted by atomic mass is 10.1. The quantitative estimate of drug-likeness (QED) is 0.472. The first-order chi connectivity index (χ1) is 17.2. The number of fused-ring (bicyclic) bond motifs is 1. The number of carboxylic acid groups (broad SMARTS) is 1. The Morgan fingerprint density at radius 2 is 1.89 bits per heavy atom. The molecule has 0 spiro atoms. The molecule has 3 N–H and O–H groups in total. The number of morpholine rings is 1. The van der Waals surface area contributed by atoms with Crippen LogP contribution in [-0.4, -0.2) is 71.9 Å². The van der Waals surface area contributed by atoms with Gasteiger partial charge in [-0.15, -0.1) is 10.2 Å². The molecule has 0 aliphatic carbocycles. The van der Waals surface area contributed by atoms with Gasteiger partial charge in [0.2, 0.25) is 0 Å². The molecule has 10 heteroatoms. The molecule has 3 heterocycles. The minimum atomic E-state index is -0.905. The lowest BCUT2D eigenvalue weighted by molar-refractivity contribution is 0.000382. The van der Waals surface area contributed by atoms with Crippen LogP contribution < -0.4 is 20.1 Å². The van der Waals surface area contributed by atoms with E-state index in [1.165, 1.54) is 4.90 Å². The number of rotatable bonds is 7. The summed E-state index contributed by atoms with van der Waals surface area (Å²) >= 11 is 0. The van der Waals surface area contributed by atoms with E-state index >= 15 is 0 Å². The fourth-order valence-electron chi connectivity index (χ4n) is 4.13. The van der Waals surface area contributed by atoms with Gasteiger partial charge in [0.1, 0.15) is 13.2 Å². The lowest BCUT2D eigenvalue weighted by Crippen LogP contribution is -2.52. The topological polar surface area (TPSA) is 118 Å². The summed E-state index contributed by atoms with van der Waals surface area (Å²) in [7, 11) is 0. The SMILES string of the molecule is O=C(O)N1CCOCC1CNCc1ccc(Nc2ccc(-c3cccc4c3OCCO4)nn2)cc1. The normalized spacial score (nSPS) is 17.1. The third kappa shape index (κ3) is 5.44. The molecule has 2 aliphatic heterocycles.